The first-order valence-corrected chi connectivity index (χ1v) is 5.08. The molecule has 2 atom stereocenters. The Morgan fingerprint density at radius 2 is 2.00 bits per heavy atom. The molecule has 3 rings (SSSR count). The van der Waals surface area contributed by atoms with Gasteiger partial charge in [0, 0.05) is 23.4 Å². The molecule has 0 aromatic carbocycles. The van der Waals surface area contributed by atoms with E-state index < -0.39 is 12.2 Å². The van der Waals surface area contributed by atoms with E-state index in [1.807, 2.05) is 18.3 Å². The summed E-state index contributed by atoms with van der Waals surface area (Å²) >= 11 is 0. The summed E-state index contributed by atoms with van der Waals surface area (Å²) in [5.41, 5.74) is 0.739. The number of aliphatic hydroxyl groups excluding tert-OH is 2. The minimum absolute atomic E-state index is 0.289. The molecule has 1 aromatic heterocycles. The van der Waals surface area contributed by atoms with Gasteiger partial charge in [0.05, 0.1) is 12.2 Å². The second-order valence-electron chi connectivity index (χ2n) is 4.33. The molecule has 1 aromatic rings. The van der Waals surface area contributed by atoms with Gasteiger partial charge < -0.3 is 10.2 Å². The van der Waals surface area contributed by atoms with E-state index in [0.29, 0.717) is 12.8 Å². The molecule has 0 bridgehead atoms. The highest BCUT2D eigenvalue weighted by molar-refractivity contribution is 5.84. The lowest BCUT2D eigenvalue weighted by atomic mass is 9.82. The maximum Gasteiger partial charge on any atom is 0.155 e. The zero-order valence-corrected chi connectivity index (χ0v) is 8.17. The van der Waals surface area contributed by atoms with Gasteiger partial charge >= 0.3 is 0 Å². The van der Waals surface area contributed by atoms with Crippen LogP contribution in [0.4, 0.5) is 5.82 Å². The number of aliphatic hydroxyl groups is 2. The maximum absolute atomic E-state index is 9.62. The summed E-state index contributed by atoms with van der Waals surface area (Å²) in [6.45, 7) is 0. The molecule has 1 aliphatic heterocycles. The fraction of sp³-hybridized carbons (Fsp3) is 0.455. The van der Waals surface area contributed by atoms with Crippen LogP contribution in [0.1, 0.15) is 18.4 Å². The third-order valence-corrected chi connectivity index (χ3v) is 3.35. The van der Waals surface area contributed by atoms with Crippen molar-refractivity contribution in [3.05, 3.63) is 23.9 Å². The van der Waals surface area contributed by atoms with E-state index >= 15 is 0 Å². The highest BCUT2D eigenvalue weighted by atomic mass is 16.3. The standard InChI is InChI=1S/C11H12N2O2/c14-8-4-11(5-9(8)15)6-13-10-7(11)2-1-3-12-10/h1-3,6,8-9,14-15H,4-5H2. The molecule has 2 unspecified atom stereocenters. The summed E-state index contributed by atoms with van der Waals surface area (Å²) in [5.74, 6) is 0.721. The molecule has 1 fully saturated rings. The number of rotatable bonds is 0. The van der Waals surface area contributed by atoms with Crippen LogP contribution in [-0.4, -0.2) is 33.6 Å². The Balaban J connectivity index is 2.07. The van der Waals surface area contributed by atoms with Crippen molar-refractivity contribution in [3.8, 4) is 0 Å². The molecular weight excluding hydrogens is 192 g/mol. The Morgan fingerprint density at radius 1 is 1.27 bits per heavy atom. The molecule has 15 heavy (non-hydrogen) atoms. The van der Waals surface area contributed by atoms with Crippen LogP contribution in [0.3, 0.4) is 0 Å². The number of fused-ring (bicyclic) bond motifs is 2. The molecular formula is C11H12N2O2. The molecule has 78 valence electrons. The van der Waals surface area contributed by atoms with Gasteiger partial charge in [0.2, 0.25) is 0 Å². The van der Waals surface area contributed by atoms with Crippen molar-refractivity contribution in [2.75, 3.05) is 0 Å². The van der Waals surface area contributed by atoms with Gasteiger partial charge in [-0.2, -0.15) is 0 Å². The lowest BCUT2D eigenvalue weighted by molar-refractivity contribution is 0.0438. The molecule has 1 aliphatic carbocycles. The lowest BCUT2D eigenvalue weighted by Gasteiger charge is -2.20. The minimum atomic E-state index is -0.650. The molecule has 2 N–H and O–H groups in total. The summed E-state index contributed by atoms with van der Waals surface area (Å²) in [7, 11) is 0. The van der Waals surface area contributed by atoms with Gasteiger partial charge in [-0.3, -0.25) is 0 Å². The van der Waals surface area contributed by atoms with Crippen molar-refractivity contribution in [3.63, 3.8) is 0 Å². The second-order valence-corrected chi connectivity index (χ2v) is 4.33. The van der Waals surface area contributed by atoms with Crippen LogP contribution in [-0.2, 0) is 5.41 Å². The largest absolute Gasteiger partial charge is 0.390 e. The first kappa shape index (κ1) is 9.00. The fourth-order valence-electron chi connectivity index (χ4n) is 2.57. The number of hydrogen-bond acceptors (Lipinski definition) is 4. The summed E-state index contributed by atoms with van der Waals surface area (Å²) in [6.07, 6.45) is 3.30. The summed E-state index contributed by atoms with van der Waals surface area (Å²) in [6, 6.07) is 3.84. The Labute approximate surface area is 87.3 Å². The zero-order valence-electron chi connectivity index (χ0n) is 8.17. The van der Waals surface area contributed by atoms with E-state index in [2.05, 4.69) is 9.98 Å². The highest BCUT2D eigenvalue weighted by Gasteiger charge is 2.47. The molecule has 1 saturated carbocycles. The Morgan fingerprint density at radius 3 is 2.73 bits per heavy atom. The van der Waals surface area contributed by atoms with Gasteiger partial charge in [-0.15, -0.1) is 0 Å². The fourth-order valence-corrected chi connectivity index (χ4v) is 2.57. The first-order valence-electron chi connectivity index (χ1n) is 5.08. The van der Waals surface area contributed by atoms with Gasteiger partial charge in [-0.25, -0.2) is 9.98 Å². The monoisotopic (exact) mass is 204 g/mol. The van der Waals surface area contributed by atoms with Gasteiger partial charge in [-0.1, -0.05) is 6.07 Å². The number of aliphatic imine (C=N–C) groups is 1. The van der Waals surface area contributed by atoms with Gasteiger partial charge in [0.25, 0.3) is 0 Å². The van der Waals surface area contributed by atoms with E-state index in [1.165, 1.54) is 0 Å². The third-order valence-electron chi connectivity index (χ3n) is 3.35. The first-order chi connectivity index (χ1) is 7.21. The van der Waals surface area contributed by atoms with Gasteiger partial charge in [-0.05, 0) is 18.9 Å². The molecule has 0 saturated heterocycles. The van der Waals surface area contributed by atoms with Crippen LogP contribution in [0, 0.1) is 0 Å². The van der Waals surface area contributed by atoms with Crippen molar-refractivity contribution < 1.29 is 10.2 Å². The summed E-state index contributed by atoms with van der Waals surface area (Å²) in [5, 5.41) is 19.2. The van der Waals surface area contributed by atoms with Crippen LogP contribution in [0.15, 0.2) is 23.3 Å². The van der Waals surface area contributed by atoms with E-state index in [4.69, 9.17) is 0 Å². The zero-order chi connectivity index (χ0) is 10.5. The summed E-state index contributed by atoms with van der Waals surface area (Å²) < 4.78 is 0. The molecule has 2 aliphatic rings. The molecule has 0 amide bonds. The number of aromatic nitrogens is 1. The van der Waals surface area contributed by atoms with E-state index in [-0.39, 0.29) is 5.41 Å². The second kappa shape index (κ2) is 2.87. The van der Waals surface area contributed by atoms with Crippen molar-refractivity contribution in [2.45, 2.75) is 30.5 Å². The molecule has 1 spiro atoms. The highest BCUT2D eigenvalue weighted by Crippen LogP contribution is 2.46. The molecule has 4 nitrogen and oxygen atoms in total. The normalized spacial score (nSPS) is 37.5. The van der Waals surface area contributed by atoms with Crippen molar-refractivity contribution in [1.82, 2.24) is 4.98 Å². The van der Waals surface area contributed by atoms with Crippen LogP contribution < -0.4 is 0 Å². The van der Waals surface area contributed by atoms with Crippen LogP contribution in [0.2, 0.25) is 0 Å². The average Bonchev–Trinajstić information content (AvgIpc) is 2.72. The SMILES string of the molecule is OC1CC2(C=Nc3ncccc32)CC1O. The Hall–Kier alpha value is -1.26. The predicted molar refractivity (Wildman–Crippen MR) is 55.3 cm³/mol. The minimum Gasteiger partial charge on any atom is -0.390 e. The Kier molecular flexibility index (Phi) is 1.72. The third kappa shape index (κ3) is 1.15. The van der Waals surface area contributed by atoms with E-state index in [0.717, 1.165) is 11.4 Å². The average molecular weight is 204 g/mol. The number of pyridine rings is 1. The summed E-state index contributed by atoms with van der Waals surface area (Å²) in [4.78, 5) is 8.41. The van der Waals surface area contributed by atoms with Crippen molar-refractivity contribution in [2.24, 2.45) is 4.99 Å². The maximum atomic E-state index is 9.62. The Bertz CT molecular complexity index is 420. The predicted octanol–water partition coefficient (Wildman–Crippen LogP) is 0.551. The van der Waals surface area contributed by atoms with Crippen LogP contribution in [0.5, 0.6) is 0 Å². The van der Waals surface area contributed by atoms with Crippen molar-refractivity contribution in [1.29, 1.82) is 0 Å². The van der Waals surface area contributed by atoms with Crippen molar-refractivity contribution >= 4 is 12.0 Å². The number of nitrogens with zero attached hydrogens (tertiary/aromatic N) is 2. The van der Waals surface area contributed by atoms with Gasteiger partial charge in [0.15, 0.2) is 5.82 Å². The van der Waals surface area contributed by atoms with Crippen LogP contribution in [0.25, 0.3) is 0 Å². The lowest BCUT2D eigenvalue weighted by Crippen LogP contribution is -2.22. The van der Waals surface area contributed by atoms with E-state index in [1.54, 1.807) is 6.20 Å². The molecule has 2 heterocycles. The van der Waals surface area contributed by atoms with Gasteiger partial charge in [0.1, 0.15) is 0 Å². The number of hydrogen-bond donors (Lipinski definition) is 2. The quantitative estimate of drug-likeness (QED) is 0.648. The van der Waals surface area contributed by atoms with Crippen LogP contribution >= 0.6 is 0 Å². The molecule has 4 heteroatoms. The smallest absolute Gasteiger partial charge is 0.155 e. The topological polar surface area (TPSA) is 65.7 Å². The molecule has 0 radical (unpaired) electrons. The van der Waals surface area contributed by atoms with E-state index in [9.17, 15) is 10.2 Å².